The van der Waals surface area contributed by atoms with Crippen molar-refractivity contribution in [3.05, 3.63) is 119 Å². The number of benzene rings is 4. The molecule has 3 saturated heterocycles. The molecule has 3 aliphatic rings. The Bertz CT molecular complexity index is 3850. The first kappa shape index (κ1) is 71.0. The van der Waals surface area contributed by atoms with Gasteiger partial charge in [0.25, 0.3) is 11.8 Å². The molecule has 3 amide bonds. The molecule has 0 spiro atoms. The van der Waals surface area contributed by atoms with Gasteiger partial charge in [-0.15, -0.1) is 0 Å². The maximum atomic E-state index is 15.1. The number of nitrogens with zero attached hydrogens (tertiary/aromatic N) is 7. The Morgan fingerprint density at radius 3 is 1.51 bits per heavy atom. The Labute approximate surface area is 520 Å². The summed E-state index contributed by atoms with van der Waals surface area (Å²) in [5.74, 6) is -3.22. The van der Waals surface area contributed by atoms with E-state index < -0.39 is 107 Å². The van der Waals surface area contributed by atoms with Gasteiger partial charge >= 0.3 is 24.4 Å². The van der Waals surface area contributed by atoms with Crippen molar-refractivity contribution in [2.24, 2.45) is 0 Å². The van der Waals surface area contributed by atoms with Crippen molar-refractivity contribution in [3.63, 3.8) is 0 Å². The number of carbonyl (C=O) groups is 3. The van der Waals surface area contributed by atoms with Gasteiger partial charge in [-0.1, -0.05) is 0 Å². The van der Waals surface area contributed by atoms with Crippen molar-refractivity contribution in [2.45, 2.75) is 86.1 Å². The smallest absolute Gasteiger partial charge is 0.425 e. The zero-order valence-electron chi connectivity index (χ0n) is 50.8. The van der Waals surface area contributed by atoms with Crippen LogP contribution in [0.2, 0.25) is 0 Å². The van der Waals surface area contributed by atoms with Crippen molar-refractivity contribution in [1.29, 1.82) is 0 Å². The van der Waals surface area contributed by atoms with Crippen molar-refractivity contribution < 1.29 is 102 Å². The summed E-state index contributed by atoms with van der Waals surface area (Å²) in [5, 5.41) is 0. The summed E-state index contributed by atoms with van der Waals surface area (Å²) in [7, 11) is -9.88. The molecule has 8 rings (SSSR count). The van der Waals surface area contributed by atoms with Gasteiger partial charge in [0.1, 0.15) is 46.5 Å². The fourth-order valence-electron chi connectivity index (χ4n) is 10.1. The number of piperazine rings is 3. The lowest BCUT2D eigenvalue weighted by Crippen LogP contribution is -2.60. The van der Waals surface area contributed by atoms with E-state index in [-0.39, 0.29) is 137 Å². The number of halogens is 10. The zero-order valence-corrected chi connectivity index (χ0v) is 53.3. The van der Waals surface area contributed by atoms with E-state index in [4.69, 9.17) is 14.2 Å². The number of quaternary nitrogens is 1. The van der Waals surface area contributed by atoms with E-state index >= 15 is 4.39 Å². The second-order valence-electron chi connectivity index (χ2n) is 22.8. The monoisotopic (exact) mass is 1350 g/mol. The molecule has 0 aliphatic carbocycles. The third-order valence-corrected chi connectivity index (χ3v) is 18.4. The standard InChI is InChI=1S/C38H47F4N4O8S2.C21H21F6N3O4S/c1-24(2)53-34-29(37(48)46(5)20-18-44(19-21-46)31-13-12-28(22-30(31)39)55(6,49)50)23-32(56(7,51)52)35(54-25(3)4)33(34)36(47)45-16-14-43(15-17-45)27-10-8-26(9-11-27)38(40,41)42;1-13(20(22,23)24)34-17-5-4-15(35(2,32)33)11-16(17)19(31)30-9-7-29(8-10-30)18-6-3-14(12-28-18)21(25,26)27/h8-13,22-25H,14-21H2,1-7H3;3-6,11-13H,7-10H2,1-2H3/q+1;. The molecular weight excluding hydrogens is 1280 g/mol. The molecule has 0 N–H and O–H groups in total. The van der Waals surface area contributed by atoms with Gasteiger partial charge in [0.2, 0.25) is 0 Å². The van der Waals surface area contributed by atoms with E-state index in [1.54, 1.807) is 44.5 Å². The first-order chi connectivity index (χ1) is 42.0. The number of sulfone groups is 3. The van der Waals surface area contributed by atoms with Crippen LogP contribution >= 0.6 is 0 Å². The average molecular weight is 1350 g/mol. The van der Waals surface area contributed by atoms with Crippen LogP contribution < -0.4 is 28.9 Å². The van der Waals surface area contributed by atoms with Crippen LogP contribution in [0.5, 0.6) is 17.2 Å². The Hall–Kier alpha value is -7.45. The molecule has 1 aromatic heterocycles. The van der Waals surface area contributed by atoms with Crippen LogP contribution in [0.15, 0.2) is 99.7 Å². The Morgan fingerprint density at radius 1 is 0.538 bits per heavy atom. The highest BCUT2D eigenvalue weighted by atomic mass is 32.2. The van der Waals surface area contributed by atoms with E-state index in [2.05, 4.69) is 4.98 Å². The van der Waals surface area contributed by atoms with E-state index in [1.807, 2.05) is 4.90 Å². The summed E-state index contributed by atoms with van der Waals surface area (Å²) in [6.45, 7) is 9.33. The van der Waals surface area contributed by atoms with E-state index in [1.165, 1.54) is 46.2 Å². The van der Waals surface area contributed by atoms with Gasteiger partial charge in [-0.25, -0.2) is 39.4 Å². The minimum Gasteiger partial charge on any atom is -0.489 e. The third kappa shape index (κ3) is 17.2. The number of rotatable bonds is 15. The number of aromatic nitrogens is 1. The lowest BCUT2D eigenvalue weighted by atomic mass is 10.0. The molecule has 1 atom stereocenters. The van der Waals surface area contributed by atoms with Gasteiger partial charge in [-0.05, 0) is 113 Å². The second kappa shape index (κ2) is 27.0. The maximum absolute atomic E-state index is 15.1. The van der Waals surface area contributed by atoms with E-state index in [0.29, 0.717) is 11.9 Å². The van der Waals surface area contributed by atoms with Crippen molar-refractivity contribution in [1.82, 2.24) is 14.8 Å². The van der Waals surface area contributed by atoms with Gasteiger partial charge in [0.05, 0.1) is 64.5 Å². The third-order valence-electron chi connectivity index (χ3n) is 15.1. The normalized spacial score (nSPS) is 16.5. The van der Waals surface area contributed by atoms with Crippen LogP contribution in [0, 0.1) is 5.82 Å². The molecule has 0 radical (unpaired) electrons. The molecule has 4 aromatic carbocycles. The predicted octanol–water partition coefficient (Wildman–Crippen LogP) is 9.09. The molecule has 0 bridgehead atoms. The van der Waals surface area contributed by atoms with Crippen LogP contribution in [0.1, 0.15) is 76.8 Å². The number of likely N-dealkylation sites (N-methyl/N-ethyl adjacent to an activating group) is 1. The Kier molecular flexibility index (Phi) is 21.1. The van der Waals surface area contributed by atoms with Crippen LogP contribution in [0.3, 0.4) is 0 Å². The molecule has 19 nitrogen and oxygen atoms in total. The van der Waals surface area contributed by atoms with Crippen LogP contribution in [-0.2, 0) is 41.9 Å². The molecule has 498 valence electrons. The molecule has 1 unspecified atom stereocenters. The number of pyridine rings is 1. The van der Waals surface area contributed by atoms with Crippen molar-refractivity contribution >= 4 is 64.4 Å². The average Bonchev–Trinajstić information content (AvgIpc) is 0.782. The molecule has 4 heterocycles. The summed E-state index contributed by atoms with van der Waals surface area (Å²) in [6.07, 6.45) is -13.6. The quantitative estimate of drug-likeness (QED) is 0.0707. The predicted molar refractivity (Wildman–Crippen MR) is 316 cm³/mol. The molecule has 32 heteroatoms. The molecule has 3 aliphatic heterocycles. The highest BCUT2D eigenvalue weighted by Gasteiger charge is 2.44. The summed E-state index contributed by atoms with van der Waals surface area (Å²) < 4.78 is 223. The highest BCUT2D eigenvalue weighted by Crippen LogP contribution is 2.43. The largest absolute Gasteiger partial charge is 0.489 e. The summed E-state index contributed by atoms with van der Waals surface area (Å²) in [5.41, 5.74) is -1.71. The number of anilines is 3. The van der Waals surface area contributed by atoms with Crippen LogP contribution in [-0.4, -0.2) is 191 Å². The number of alkyl halides is 9. The Balaban J connectivity index is 0.000000288. The summed E-state index contributed by atoms with van der Waals surface area (Å²) >= 11 is 0. The molecular formula is C59H68F10N7O12S3+. The second-order valence-corrected chi connectivity index (χ2v) is 28.8. The topological polar surface area (TPSA) is 210 Å². The Morgan fingerprint density at radius 2 is 1.03 bits per heavy atom. The summed E-state index contributed by atoms with van der Waals surface area (Å²) in [6, 6.07) is 14.7. The fraction of sp³-hybridized carbons (Fsp3) is 0.458. The lowest BCUT2D eigenvalue weighted by Gasteiger charge is -2.41. The molecule has 5 aromatic rings. The fourth-order valence-corrected chi connectivity index (χ4v) is 12.2. The van der Waals surface area contributed by atoms with Crippen molar-refractivity contribution in [2.75, 3.05) is 119 Å². The number of hydrogen-bond acceptors (Lipinski definition) is 16. The lowest BCUT2D eigenvalue weighted by molar-refractivity contribution is -0.829. The van der Waals surface area contributed by atoms with Crippen LogP contribution in [0.25, 0.3) is 0 Å². The van der Waals surface area contributed by atoms with E-state index in [9.17, 15) is 79.2 Å². The summed E-state index contributed by atoms with van der Waals surface area (Å²) in [4.78, 5) is 53.5. The minimum atomic E-state index is -4.71. The first-order valence-electron chi connectivity index (χ1n) is 28.2. The van der Waals surface area contributed by atoms with E-state index in [0.717, 1.165) is 68.2 Å². The number of hydrogen-bond donors (Lipinski definition) is 0. The highest BCUT2D eigenvalue weighted by molar-refractivity contribution is 7.91. The van der Waals surface area contributed by atoms with Gasteiger partial charge in [0, 0.05) is 83.0 Å². The number of carbonyl (C=O) groups excluding carboxylic acids is 3. The minimum absolute atomic E-state index is 0.0684. The van der Waals surface area contributed by atoms with Crippen molar-refractivity contribution in [3.8, 4) is 17.2 Å². The van der Waals surface area contributed by atoms with Gasteiger partial charge in [-0.3, -0.25) is 14.1 Å². The molecule has 0 saturated carbocycles. The zero-order chi connectivity index (χ0) is 67.7. The molecule has 91 heavy (non-hydrogen) atoms. The number of amides is 3. The van der Waals surface area contributed by atoms with Gasteiger partial charge in [-0.2, -0.15) is 39.5 Å². The SMILES string of the molecule is CC(C)Oc1c(C(=O)[N+]2(C)CCN(c3ccc(S(C)(=O)=O)cc3F)CC2)cc(S(C)(=O)=O)c(OC(C)C)c1C(=O)N1CCN(c2ccc(C(F)(F)F)cc2)CC1.CC(Oc1ccc(S(C)(=O)=O)cc1C(=O)N1CCN(c2ccc(C(F)(F)F)cn2)CC1)C(F)(F)F. The molecule has 3 fully saturated rings. The van der Waals surface area contributed by atoms with Gasteiger partial charge < -0.3 is 38.7 Å². The van der Waals surface area contributed by atoms with Crippen LogP contribution in [0.4, 0.5) is 61.1 Å². The van der Waals surface area contributed by atoms with Gasteiger partial charge in [0.15, 0.2) is 47.1 Å². The maximum Gasteiger partial charge on any atom is 0.425 e. The first-order valence-corrected chi connectivity index (χ1v) is 33.9. The number of ether oxygens (including phenoxy) is 3.